The van der Waals surface area contributed by atoms with E-state index >= 15 is 0 Å². The number of hydrogen-bond donors (Lipinski definition) is 2. The first-order valence-electron chi connectivity index (χ1n) is 5.98. The number of nitrogens with one attached hydrogen (secondary N) is 1. The third-order valence-corrected chi connectivity index (χ3v) is 3.21. The molecule has 1 atom stereocenters. The van der Waals surface area contributed by atoms with E-state index in [1.165, 1.54) is 5.56 Å². The Kier molecular flexibility index (Phi) is 8.27. The van der Waals surface area contributed by atoms with Crippen molar-refractivity contribution < 1.29 is 0 Å². The predicted octanol–water partition coefficient (Wildman–Crippen LogP) is 1.86. The Balaban J connectivity index is 0.00000144. The summed E-state index contributed by atoms with van der Waals surface area (Å²) in [6, 6.07) is 4.48. The fourth-order valence-corrected chi connectivity index (χ4v) is 2.38. The van der Waals surface area contributed by atoms with E-state index < -0.39 is 0 Å². The predicted molar refractivity (Wildman–Crippen MR) is 80.6 cm³/mol. The van der Waals surface area contributed by atoms with Crippen molar-refractivity contribution in [2.75, 3.05) is 31.9 Å². The van der Waals surface area contributed by atoms with E-state index in [1.807, 2.05) is 6.07 Å². The van der Waals surface area contributed by atoms with E-state index in [1.54, 1.807) is 6.20 Å². The lowest BCUT2D eigenvalue weighted by molar-refractivity contribution is 0.169. The van der Waals surface area contributed by atoms with Gasteiger partial charge in [0.15, 0.2) is 0 Å². The molecule has 1 aliphatic heterocycles. The summed E-state index contributed by atoms with van der Waals surface area (Å²) >= 11 is 0. The molecule has 0 radical (unpaired) electrons. The summed E-state index contributed by atoms with van der Waals surface area (Å²) in [5.41, 5.74) is 7.12. The monoisotopic (exact) mass is 292 g/mol. The standard InChI is InChI=1S/C12H20N4.2ClH/c1-2-11(16-8-6-14-7-9-16)10-4-3-5-15-12(10)13;;/h3-5,11,14H,2,6-9H2,1H3,(H2,13,15);2*1H/t11-;;/m1../s1. The highest BCUT2D eigenvalue weighted by atomic mass is 35.5. The third-order valence-electron chi connectivity index (χ3n) is 3.21. The number of anilines is 1. The van der Waals surface area contributed by atoms with Gasteiger partial charge >= 0.3 is 0 Å². The minimum Gasteiger partial charge on any atom is -0.383 e. The highest BCUT2D eigenvalue weighted by molar-refractivity contribution is 5.85. The second-order valence-electron chi connectivity index (χ2n) is 4.19. The van der Waals surface area contributed by atoms with Gasteiger partial charge in [0, 0.05) is 44.0 Å². The van der Waals surface area contributed by atoms with Gasteiger partial charge in [-0.05, 0) is 12.5 Å². The van der Waals surface area contributed by atoms with Crippen LogP contribution in [0.5, 0.6) is 0 Å². The zero-order chi connectivity index (χ0) is 11.4. The minimum atomic E-state index is 0. The van der Waals surface area contributed by atoms with Crippen LogP contribution >= 0.6 is 24.8 Å². The molecule has 2 rings (SSSR count). The zero-order valence-corrected chi connectivity index (χ0v) is 12.3. The van der Waals surface area contributed by atoms with Crippen LogP contribution in [0.15, 0.2) is 18.3 Å². The molecule has 0 bridgehead atoms. The minimum absolute atomic E-state index is 0. The van der Waals surface area contributed by atoms with Gasteiger partial charge in [0.25, 0.3) is 0 Å². The van der Waals surface area contributed by atoms with Crippen LogP contribution in [-0.4, -0.2) is 36.1 Å². The van der Waals surface area contributed by atoms with Crippen LogP contribution in [0.25, 0.3) is 0 Å². The first kappa shape index (κ1) is 17.4. The van der Waals surface area contributed by atoms with E-state index in [9.17, 15) is 0 Å². The summed E-state index contributed by atoms with van der Waals surface area (Å²) in [6.07, 6.45) is 2.83. The topological polar surface area (TPSA) is 54.2 Å². The molecule has 0 saturated carbocycles. The fourth-order valence-electron chi connectivity index (χ4n) is 2.38. The number of halogens is 2. The number of pyridine rings is 1. The zero-order valence-electron chi connectivity index (χ0n) is 10.6. The molecule has 18 heavy (non-hydrogen) atoms. The van der Waals surface area contributed by atoms with Crippen molar-refractivity contribution in [1.29, 1.82) is 0 Å². The van der Waals surface area contributed by atoms with Crippen LogP contribution in [0.4, 0.5) is 5.82 Å². The number of nitrogen functional groups attached to an aromatic ring is 1. The van der Waals surface area contributed by atoms with Crippen molar-refractivity contribution in [2.24, 2.45) is 0 Å². The van der Waals surface area contributed by atoms with Gasteiger partial charge in [-0.1, -0.05) is 13.0 Å². The smallest absolute Gasteiger partial charge is 0.128 e. The highest BCUT2D eigenvalue weighted by Gasteiger charge is 2.22. The first-order valence-corrected chi connectivity index (χ1v) is 5.98. The van der Waals surface area contributed by atoms with Crippen LogP contribution < -0.4 is 11.1 Å². The highest BCUT2D eigenvalue weighted by Crippen LogP contribution is 2.27. The molecule has 1 aromatic rings. The maximum atomic E-state index is 5.95. The number of rotatable bonds is 3. The Bertz CT molecular complexity index is 343. The molecule has 1 aliphatic rings. The Morgan fingerprint density at radius 3 is 2.61 bits per heavy atom. The lowest BCUT2D eigenvalue weighted by atomic mass is 10.0. The number of piperazine rings is 1. The molecule has 6 heteroatoms. The van der Waals surface area contributed by atoms with Crippen LogP contribution in [0.2, 0.25) is 0 Å². The molecular weight excluding hydrogens is 271 g/mol. The van der Waals surface area contributed by atoms with E-state index in [4.69, 9.17) is 5.73 Å². The molecule has 4 nitrogen and oxygen atoms in total. The number of aromatic nitrogens is 1. The average Bonchev–Trinajstić information content (AvgIpc) is 2.34. The normalized spacial score (nSPS) is 17.4. The average molecular weight is 293 g/mol. The summed E-state index contributed by atoms with van der Waals surface area (Å²) in [6.45, 7) is 6.52. The summed E-state index contributed by atoms with van der Waals surface area (Å²) in [5.74, 6) is 0.674. The second-order valence-corrected chi connectivity index (χ2v) is 4.19. The summed E-state index contributed by atoms with van der Waals surface area (Å²) in [4.78, 5) is 6.67. The van der Waals surface area contributed by atoms with Crippen LogP contribution in [-0.2, 0) is 0 Å². The molecule has 1 saturated heterocycles. The van der Waals surface area contributed by atoms with Gasteiger partial charge in [0.1, 0.15) is 5.82 Å². The number of nitrogens with zero attached hydrogens (tertiary/aromatic N) is 2. The molecule has 3 N–H and O–H groups in total. The van der Waals surface area contributed by atoms with Crippen LogP contribution in [0.3, 0.4) is 0 Å². The Hall–Kier alpha value is -0.550. The van der Waals surface area contributed by atoms with Gasteiger partial charge in [-0.2, -0.15) is 0 Å². The van der Waals surface area contributed by atoms with Crippen molar-refractivity contribution in [1.82, 2.24) is 15.2 Å². The van der Waals surface area contributed by atoms with E-state index in [0.29, 0.717) is 11.9 Å². The summed E-state index contributed by atoms with van der Waals surface area (Å²) in [5, 5.41) is 3.37. The van der Waals surface area contributed by atoms with Crippen molar-refractivity contribution in [2.45, 2.75) is 19.4 Å². The molecular formula is C12H22Cl2N4. The van der Waals surface area contributed by atoms with Gasteiger partial charge in [-0.3, -0.25) is 4.90 Å². The SMILES string of the molecule is CC[C@H](c1cccnc1N)N1CCNCC1.Cl.Cl. The molecule has 104 valence electrons. The second kappa shape index (κ2) is 8.53. The molecule has 0 spiro atoms. The van der Waals surface area contributed by atoms with Gasteiger partial charge in [0.2, 0.25) is 0 Å². The van der Waals surface area contributed by atoms with Crippen molar-refractivity contribution in [3.8, 4) is 0 Å². The van der Waals surface area contributed by atoms with Crippen molar-refractivity contribution >= 4 is 30.6 Å². The Morgan fingerprint density at radius 1 is 1.39 bits per heavy atom. The largest absolute Gasteiger partial charge is 0.383 e. The fraction of sp³-hybridized carbons (Fsp3) is 0.583. The van der Waals surface area contributed by atoms with Crippen LogP contribution in [0, 0.1) is 0 Å². The molecule has 0 amide bonds. The quantitative estimate of drug-likeness (QED) is 0.893. The van der Waals surface area contributed by atoms with Crippen molar-refractivity contribution in [3.63, 3.8) is 0 Å². The first-order chi connectivity index (χ1) is 7.83. The third kappa shape index (κ3) is 3.99. The molecule has 1 fully saturated rings. The Labute approximate surface area is 121 Å². The molecule has 0 aromatic carbocycles. The Morgan fingerprint density at radius 2 is 2.06 bits per heavy atom. The van der Waals surface area contributed by atoms with E-state index in [2.05, 4.69) is 28.2 Å². The molecule has 2 heterocycles. The molecule has 1 aromatic heterocycles. The molecule has 0 unspecified atom stereocenters. The van der Waals surface area contributed by atoms with Gasteiger partial charge in [-0.15, -0.1) is 24.8 Å². The van der Waals surface area contributed by atoms with E-state index in [0.717, 1.165) is 32.6 Å². The van der Waals surface area contributed by atoms with Crippen molar-refractivity contribution in [3.05, 3.63) is 23.9 Å². The molecule has 0 aliphatic carbocycles. The number of hydrogen-bond acceptors (Lipinski definition) is 4. The maximum Gasteiger partial charge on any atom is 0.128 e. The maximum absolute atomic E-state index is 5.95. The lowest BCUT2D eigenvalue weighted by Gasteiger charge is -2.34. The van der Waals surface area contributed by atoms with E-state index in [-0.39, 0.29) is 24.8 Å². The number of nitrogens with two attached hydrogens (primary N) is 1. The van der Waals surface area contributed by atoms with Gasteiger partial charge < -0.3 is 11.1 Å². The lowest BCUT2D eigenvalue weighted by Crippen LogP contribution is -2.45. The van der Waals surface area contributed by atoms with Gasteiger partial charge in [0.05, 0.1) is 0 Å². The summed E-state index contributed by atoms with van der Waals surface area (Å²) in [7, 11) is 0. The van der Waals surface area contributed by atoms with Crippen LogP contribution in [0.1, 0.15) is 24.9 Å². The summed E-state index contributed by atoms with van der Waals surface area (Å²) < 4.78 is 0. The van der Waals surface area contributed by atoms with Gasteiger partial charge in [-0.25, -0.2) is 4.98 Å².